The van der Waals surface area contributed by atoms with Gasteiger partial charge in [-0.3, -0.25) is 14.2 Å². The van der Waals surface area contributed by atoms with Crippen molar-refractivity contribution in [3.63, 3.8) is 0 Å². The van der Waals surface area contributed by atoms with Crippen molar-refractivity contribution in [1.82, 2.24) is 29.7 Å². The number of esters is 1. The third-order valence-electron chi connectivity index (χ3n) is 5.31. The van der Waals surface area contributed by atoms with Crippen molar-refractivity contribution in [3.05, 3.63) is 12.7 Å². The van der Waals surface area contributed by atoms with E-state index in [2.05, 4.69) is 25.1 Å². The molecule has 0 saturated carbocycles. The van der Waals surface area contributed by atoms with Gasteiger partial charge >= 0.3 is 11.9 Å². The number of nitrogens with two attached hydrogens (primary N) is 1. The van der Waals surface area contributed by atoms with E-state index in [4.69, 9.17) is 15.2 Å². The molecule has 13 nitrogen and oxygen atoms in total. The Balaban J connectivity index is 2.22. The molecule has 36 heavy (non-hydrogen) atoms. The number of rotatable bonds is 14. The van der Waals surface area contributed by atoms with Gasteiger partial charge in [0.1, 0.15) is 23.7 Å². The third-order valence-corrected chi connectivity index (χ3v) is 7.49. The predicted molar refractivity (Wildman–Crippen MR) is 135 cm³/mol. The van der Waals surface area contributed by atoms with Gasteiger partial charge in [0, 0.05) is 6.04 Å². The van der Waals surface area contributed by atoms with Crippen LogP contribution in [0.5, 0.6) is 0 Å². The first-order chi connectivity index (χ1) is 16.6. The first-order valence-corrected chi connectivity index (χ1v) is 13.6. The summed E-state index contributed by atoms with van der Waals surface area (Å²) in [7, 11) is -3.66. The number of hydrogen-bond acceptors (Lipinski definition) is 9. The Labute approximate surface area is 211 Å². The zero-order valence-electron chi connectivity index (χ0n) is 21.9. The molecule has 0 saturated heterocycles. The molecule has 2 aromatic rings. The molecule has 0 spiro atoms. The Hall–Kier alpha value is -2.60. The van der Waals surface area contributed by atoms with Crippen LogP contribution < -0.4 is 15.9 Å². The number of aromatic nitrogens is 4. The number of hydrogen-bond donors (Lipinski definition) is 4. The minimum absolute atomic E-state index is 0.151. The van der Waals surface area contributed by atoms with E-state index >= 15 is 0 Å². The Bertz CT molecular complexity index is 1100. The number of carboxylic acids is 1. The van der Waals surface area contributed by atoms with Crippen LogP contribution in [0.1, 0.15) is 54.9 Å². The lowest BCUT2D eigenvalue weighted by molar-refractivity contribution is -0.153. The van der Waals surface area contributed by atoms with Crippen LogP contribution in [0.15, 0.2) is 12.7 Å². The summed E-state index contributed by atoms with van der Waals surface area (Å²) < 4.78 is 27.1. The molecule has 0 amide bonds. The molecule has 1 unspecified atom stereocenters. The minimum Gasteiger partial charge on any atom is -0.481 e. The number of nitrogens with zero attached hydrogens (tertiary/aromatic N) is 4. The van der Waals surface area contributed by atoms with Crippen LogP contribution in [-0.2, 0) is 30.2 Å². The van der Waals surface area contributed by atoms with Crippen molar-refractivity contribution >= 4 is 36.4 Å². The molecule has 0 aliphatic rings. The maximum atomic E-state index is 14.1. The average molecular weight is 528 g/mol. The molecule has 2 heterocycles. The number of carbonyl (C=O) groups excluding carboxylic acids is 1. The molecule has 2 aromatic heterocycles. The van der Waals surface area contributed by atoms with Gasteiger partial charge in [0.25, 0.3) is 0 Å². The lowest BCUT2D eigenvalue weighted by Crippen LogP contribution is -2.51. The molecule has 0 aromatic carbocycles. The fourth-order valence-corrected chi connectivity index (χ4v) is 6.03. The fourth-order valence-electron chi connectivity index (χ4n) is 3.44. The van der Waals surface area contributed by atoms with Crippen molar-refractivity contribution in [2.24, 2.45) is 5.92 Å². The zero-order valence-corrected chi connectivity index (χ0v) is 22.8. The molecule has 5 N–H and O–H groups in total. The van der Waals surface area contributed by atoms with Crippen LogP contribution in [0, 0.1) is 5.92 Å². The van der Waals surface area contributed by atoms with E-state index in [0.717, 1.165) is 0 Å². The number of nitrogen functional groups attached to an aromatic ring is 1. The van der Waals surface area contributed by atoms with Crippen LogP contribution in [0.2, 0.25) is 0 Å². The second-order valence-electron chi connectivity index (χ2n) is 9.94. The van der Waals surface area contributed by atoms with Gasteiger partial charge in [-0.15, -0.1) is 0 Å². The molecule has 0 aliphatic carbocycles. The standard InChI is InChI=1S/C22H38N7O6P/c1-13(2)16(8-17(30)31)27-36(33,28-22(6,7)21(32)35-14(3)4)12-34-15(5)9-29-11-26-18-19(23)24-10-25-20(18)29/h10-11,13-16H,8-9,12H2,1-7H3,(H,30,31)(H2,23,24,25)(H2,27,28,33)/t15?,16-,36-/m0/s1. The van der Waals surface area contributed by atoms with Gasteiger partial charge in [-0.2, -0.15) is 0 Å². The van der Waals surface area contributed by atoms with Gasteiger partial charge in [0.2, 0.25) is 7.44 Å². The quantitative estimate of drug-likeness (QED) is 0.208. The molecule has 2 rings (SSSR count). The Morgan fingerprint density at radius 1 is 1.19 bits per heavy atom. The normalized spacial score (nSPS) is 15.7. The molecule has 0 fully saturated rings. The van der Waals surface area contributed by atoms with Crippen LogP contribution >= 0.6 is 7.44 Å². The summed E-state index contributed by atoms with van der Waals surface area (Å²) >= 11 is 0. The highest BCUT2D eigenvalue weighted by Crippen LogP contribution is 2.41. The highest BCUT2D eigenvalue weighted by Gasteiger charge is 2.39. The number of anilines is 1. The van der Waals surface area contributed by atoms with E-state index in [9.17, 15) is 19.3 Å². The molecule has 202 valence electrons. The van der Waals surface area contributed by atoms with Crippen molar-refractivity contribution in [1.29, 1.82) is 0 Å². The van der Waals surface area contributed by atoms with E-state index in [1.807, 2.05) is 13.8 Å². The van der Waals surface area contributed by atoms with Crippen molar-refractivity contribution in [2.75, 3.05) is 12.1 Å². The number of imidazole rings is 1. The number of nitrogens with one attached hydrogen (secondary N) is 2. The Morgan fingerprint density at radius 2 is 1.86 bits per heavy atom. The van der Waals surface area contributed by atoms with Crippen molar-refractivity contribution in [2.45, 2.75) is 85.2 Å². The number of aliphatic carboxylic acids is 1. The smallest absolute Gasteiger partial charge is 0.326 e. The molecule has 0 aliphatic heterocycles. The maximum Gasteiger partial charge on any atom is 0.326 e. The monoisotopic (exact) mass is 527 g/mol. The number of carboxylic acid groups (broad SMARTS) is 1. The second-order valence-corrected chi connectivity index (χ2v) is 12.2. The summed E-state index contributed by atoms with van der Waals surface area (Å²) in [5, 5.41) is 15.2. The second kappa shape index (κ2) is 12.1. The lowest BCUT2D eigenvalue weighted by Gasteiger charge is -2.34. The molecular formula is C22H38N7O6P. The largest absolute Gasteiger partial charge is 0.481 e. The van der Waals surface area contributed by atoms with Crippen LogP contribution in [0.25, 0.3) is 11.2 Å². The van der Waals surface area contributed by atoms with Gasteiger partial charge in [0.05, 0.1) is 31.5 Å². The highest BCUT2D eigenvalue weighted by atomic mass is 31.2. The minimum atomic E-state index is -3.66. The lowest BCUT2D eigenvalue weighted by atomic mass is 10.0. The van der Waals surface area contributed by atoms with Crippen molar-refractivity contribution < 1.29 is 28.7 Å². The van der Waals surface area contributed by atoms with Gasteiger partial charge in [-0.1, -0.05) is 13.8 Å². The number of fused-ring (bicyclic) bond motifs is 1. The first kappa shape index (κ1) is 29.6. The summed E-state index contributed by atoms with van der Waals surface area (Å²) in [6.07, 6.45) is 1.55. The average Bonchev–Trinajstić information content (AvgIpc) is 3.15. The van der Waals surface area contributed by atoms with E-state index in [1.165, 1.54) is 6.33 Å². The maximum absolute atomic E-state index is 14.1. The molecule has 0 radical (unpaired) electrons. The van der Waals surface area contributed by atoms with E-state index < -0.39 is 37.1 Å². The highest BCUT2D eigenvalue weighted by molar-refractivity contribution is 7.59. The first-order valence-electron chi connectivity index (χ1n) is 11.8. The Kier molecular flexibility index (Phi) is 9.95. The van der Waals surface area contributed by atoms with Crippen molar-refractivity contribution in [3.8, 4) is 0 Å². The number of carbonyl (C=O) groups is 2. The van der Waals surface area contributed by atoms with E-state index in [-0.39, 0.29) is 30.6 Å². The van der Waals surface area contributed by atoms with Crippen LogP contribution in [-0.4, -0.2) is 66.7 Å². The fraction of sp³-hybridized carbons (Fsp3) is 0.682. The SMILES string of the molecule is CC(C)OC(=O)C(C)(C)N[P@](=O)(COC(C)Cn1cnc2c(N)ncnc21)N[C@@H](CC(=O)O)C(C)C. The summed E-state index contributed by atoms with van der Waals surface area (Å²) in [6, 6.07) is -0.631. The van der Waals surface area contributed by atoms with Gasteiger partial charge in [-0.25, -0.2) is 25.1 Å². The van der Waals surface area contributed by atoms with Crippen LogP contribution in [0.4, 0.5) is 5.82 Å². The van der Waals surface area contributed by atoms with E-state index in [0.29, 0.717) is 17.7 Å². The summed E-state index contributed by atoms with van der Waals surface area (Å²) in [5.41, 5.74) is 5.52. The third kappa shape index (κ3) is 8.22. The van der Waals surface area contributed by atoms with Gasteiger partial charge in [0.15, 0.2) is 11.5 Å². The zero-order chi connectivity index (χ0) is 27.3. The predicted octanol–water partition coefficient (Wildman–Crippen LogP) is 2.37. The summed E-state index contributed by atoms with van der Waals surface area (Å²) in [4.78, 5) is 36.4. The molecule has 3 atom stereocenters. The van der Waals surface area contributed by atoms with E-state index in [1.54, 1.807) is 45.5 Å². The van der Waals surface area contributed by atoms with Crippen LogP contribution in [0.3, 0.4) is 0 Å². The molecule has 0 bridgehead atoms. The Morgan fingerprint density at radius 3 is 2.44 bits per heavy atom. The number of ether oxygens (including phenoxy) is 2. The summed E-state index contributed by atoms with van der Waals surface area (Å²) in [5.74, 6) is -1.51. The van der Waals surface area contributed by atoms with Gasteiger partial charge < -0.3 is 24.9 Å². The topological polar surface area (TPSA) is 184 Å². The summed E-state index contributed by atoms with van der Waals surface area (Å²) in [6.45, 7) is 12.3. The molecule has 14 heteroatoms. The molecular weight excluding hydrogens is 489 g/mol. The van der Waals surface area contributed by atoms with Gasteiger partial charge in [-0.05, 0) is 40.5 Å².